The predicted molar refractivity (Wildman–Crippen MR) is 117 cm³/mol. The molecular weight excluding hydrogens is 408 g/mol. The van der Waals surface area contributed by atoms with Crippen LogP contribution in [0.4, 0.5) is 5.69 Å². The molecule has 2 aromatic carbocycles. The third-order valence-electron chi connectivity index (χ3n) is 5.04. The van der Waals surface area contributed by atoms with Gasteiger partial charge in [0.05, 0.1) is 11.9 Å². The SMILES string of the molecule is Cc1c(C)c(C(=O)c2ccc(Cl)cc2)n(C)c1Cc1ccc(NS(C)(=O)=O)cc1. The zero-order chi connectivity index (χ0) is 21.3. The molecular formula is C22H23ClN2O3S. The van der Waals surface area contributed by atoms with Crippen LogP contribution in [-0.2, 0) is 23.5 Å². The largest absolute Gasteiger partial charge is 0.344 e. The Kier molecular flexibility index (Phi) is 5.87. The van der Waals surface area contributed by atoms with E-state index in [9.17, 15) is 13.2 Å². The van der Waals surface area contributed by atoms with E-state index in [1.54, 1.807) is 36.4 Å². The molecule has 0 spiro atoms. The topological polar surface area (TPSA) is 68.2 Å². The van der Waals surface area contributed by atoms with Crippen molar-refractivity contribution in [3.8, 4) is 0 Å². The number of hydrogen-bond acceptors (Lipinski definition) is 3. The average molecular weight is 431 g/mol. The third kappa shape index (κ3) is 4.71. The highest BCUT2D eigenvalue weighted by Gasteiger charge is 2.21. The number of nitrogens with one attached hydrogen (secondary N) is 1. The maximum absolute atomic E-state index is 13.1. The van der Waals surface area contributed by atoms with E-state index in [-0.39, 0.29) is 5.78 Å². The van der Waals surface area contributed by atoms with Gasteiger partial charge >= 0.3 is 0 Å². The molecule has 0 radical (unpaired) electrons. The van der Waals surface area contributed by atoms with Gasteiger partial charge in [-0.2, -0.15) is 0 Å². The molecule has 0 unspecified atom stereocenters. The van der Waals surface area contributed by atoms with E-state index in [2.05, 4.69) is 4.72 Å². The molecule has 0 aliphatic carbocycles. The molecule has 3 aromatic rings. The number of rotatable bonds is 6. The van der Waals surface area contributed by atoms with Crippen LogP contribution in [0.15, 0.2) is 48.5 Å². The second-order valence-corrected chi connectivity index (χ2v) is 9.37. The molecule has 1 heterocycles. The minimum atomic E-state index is -3.30. The molecule has 3 rings (SSSR count). The van der Waals surface area contributed by atoms with E-state index in [0.29, 0.717) is 28.4 Å². The van der Waals surface area contributed by atoms with Gasteiger partial charge in [-0.1, -0.05) is 23.7 Å². The van der Waals surface area contributed by atoms with Gasteiger partial charge in [0.15, 0.2) is 0 Å². The van der Waals surface area contributed by atoms with Crippen molar-refractivity contribution in [3.63, 3.8) is 0 Å². The normalized spacial score (nSPS) is 11.5. The first kappa shape index (κ1) is 21.1. The van der Waals surface area contributed by atoms with E-state index >= 15 is 0 Å². The zero-order valence-corrected chi connectivity index (χ0v) is 18.4. The van der Waals surface area contributed by atoms with Gasteiger partial charge in [0.2, 0.25) is 15.8 Å². The Morgan fingerprint density at radius 1 is 1.00 bits per heavy atom. The summed E-state index contributed by atoms with van der Waals surface area (Å²) in [5.41, 5.74) is 5.88. The van der Waals surface area contributed by atoms with Gasteiger partial charge < -0.3 is 4.57 Å². The maximum Gasteiger partial charge on any atom is 0.229 e. The Bertz CT molecular complexity index is 1160. The molecule has 0 saturated heterocycles. The van der Waals surface area contributed by atoms with Gasteiger partial charge in [0, 0.05) is 35.4 Å². The van der Waals surface area contributed by atoms with Crippen molar-refractivity contribution in [1.82, 2.24) is 4.57 Å². The second kappa shape index (κ2) is 8.05. The number of ketones is 1. The Hall–Kier alpha value is -2.57. The standard InChI is InChI=1S/C22H23ClN2O3S/c1-14-15(2)21(22(26)17-7-9-18(23)10-8-17)25(3)20(14)13-16-5-11-19(12-6-16)24-29(4,27)28/h5-12,24H,13H2,1-4H3. The monoisotopic (exact) mass is 430 g/mol. The smallest absolute Gasteiger partial charge is 0.229 e. The summed E-state index contributed by atoms with van der Waals surface area (Å²) in [6.45, 7) is 3.98. The van der Waals surface area contributed by atoms with Crippen LogP contribution in [0.2, 0.25) is 5.02 Å². The van der Waals surface area contributed by atoms with Crippen molar-refractivity contribution in [1.29, 1.82) is 0 Å². The minimum absolute atomic E-state index is 0.0382. The lowest BCUT2D eigenvalue weighted by Gasteiger charge is -2.10. The van der Waals surface area contributed by atoms with E-state index in [4.69, 9.17) is 11.6 Å². The van der Waals surface area contributed by atoms with Crippen LogP contribution >= 0.6 is 11.6 Å². The number of aromatic nitrogens is 1. The molecule has 0 bridgehead atoms. The van der Waals surface area contributed by atoms with Crippen molar-refractivity contribution in [3.05, 3.63) is 87.2 Å². The minimum Gasteiger partial charge on any atom is -0.344 e. The first-order valence-electron chi connectivity index (χ1n) is 9.08. The van der Waals surface area contributed by atoms with Crippen molar-refractivity contribution < 1.29 is 13.2 Å². The molecule has 0 saturated carbocycles. The Morgan fingerprint density at radius 2 is 1.59 bits per heavy atom. The summed E-state index contributed by atoms with van der Waals surface area (Å²) in [5, 5.41) is 0.593. The average Bonchev–Trinajstić information content (AvgIpc) is 2.85. The van der Waals surface area contributed by atoms with Gasteiger partial charge in [-0.15, -0.1) is 0 Å². The summed E-state index contributed by atoms with van der Waals surface area (Å²) in [4.78, 5) is 13.1. The molecule has 152 valence electrons. The molecule has 29 heavy (non-hydrogen) atoms. The fourth-order valence-corrected chi connectivity index (χ4v) is 4.13. The molecule has 0 amide bonds. The van der Waals surface area contributed by atoms with Crippen LogP contribution < -0.4 is 4.72 Å². The lowest BCUT2D eigenvalue weighted by atomic mass is 10.0. The van der Waals surface area contributed by atoms with Crippen molar-refractivity contribution in [2.24, 2.45) is 7.05 Å². The number of carbonyl (C=O) groups excluding carboxylic acids is 1. The van der Waals surface area contributed by atoms with E-state index in [1.807, 2.05) is 37.6 Å². The van der Waals surface area contributed by atoms with E-state index in [0.717, 1.165) is 28.6 Å². The molecule has 5 nitrogen and oxygen atoms in total. The number of anilines is 1. The fourth-order valence-electron chi connectivity index (χ4n) is 3.44. The van der Waals surface area contributed by atoms with Gasteiger partial charge in [0.1, 0.15) is 0 Å². The summed E-state index contributed by atoms with van der Waals surface area (Å²) < 4.78 is 27.1. The number of sulfonamides is 1. The fraction of sp³-hybridized carbons (Fsp3) is 0.227. The third-order valence-corrected chi connectivity index (χ3v) is 5.90. The van der Waals surface area contributed by atoms with E-state index in [1.165, 1.54) is 0 Å². The quantitative estimate of drug-likeness (QED) is 0.586. The summed E-state index contributed by atoms with van der Waals surface area (Å²) in [6, 6.07) is 14.1. The van der Waals surface area contributed by atoms with Gasteiger partial charge in [-0.3, -0.25) is 9.52 Å². The first-order valence-corrected chi connectivity index (χ1v) is 11.4. The lowest BCUT2D eigenvalue weighted by molar-refractivity contribution is 0.103. The van der Waals surface area contributed by atoms with Crippen LogP contribution in [0.1, 0.15) is 38.4 Å². The number of nitrogens with zero attached hydrogens (tertiary/aromatic N) is 1. The molecule has 0 aliphatic rings. The summed E-state index contributed by atoms with van der Waals surface area (Å²) in [7, 11) is -1.40. The molecule has 0 atom stereocenters. The number of hydrogen-bond donors (Lipinski definition) is 1. The van der Waals surface area contributed by atoms with Gasteiger partial charge in [-0.05, 0) is 66.9 Å². The summed E-state index contributed by atoms with van der Waals surface area (Å²) in [6.07, 6.45) is 1.76. The summed E-state index contributed by atoms with van der Waals surface area (Å²) >= 11 is 5.94. The van der Waals surface area contributed by atoms with Crippen LogP contribution in [0, 0.1) is 13.8 Å². The van der Waals surface area contributed by atoms with Crippen LogP contribution in [0.25, 0.3) is 0 Å². The lowest BCUT2D eigenvalue weighted by Crippen LogP contribution is -2.11. The van der Waals surface area contributed by atoms with Crippen molar-refractivity contribution >= 4 is 33.1 Å². The molecule has 1 aromatic heterocycles. The van der Waals surface area contributed by atoms with Crippen LogP contribution in [0.5, 0.6) is 0 Å². The number of carbonyl (C=O) groups is 1. The van der Waals surface area contributed by atoms with Crippen LogP contribution in [-0.4, -0.2) is 25.0 Å². The Morgan fingerprint density at radius 3 is 2.14 bits per heavy atom. The molecule has 0 fully saturated rings. The number of benzene rings is 2. The maximum atomic E-state index is 13.1. The second-order valence-electron chi connectivity index (χ2n) is 7.19. The number of halogens is 1. The van der Waals surface area contributed by atoms with Crippen molar-refractivity contribution in [2.75, 3.05) is 11.0 Å². The van der Waals surface area contributed by atoms with Crippen molar-refractivity contribution in [2.45, 2.75) is 20.3 Å². The Labute approximate surface area is 176 Å². The molecule has 1 N–H and O–H groups in total. The highest BCUT2D eigenvalue weighted by Crippen LogP contribution is 2.26. The van der Waals surface area contributed by atoms with Gasteiger partial charge in [0.25, 0.3) is 0 Å². The Balaban J connectivity index is 1.90. The predicted octanol–water partition coefficient (Wildman–Crippen LogP) is 4.49. The van der Waals surface area contributed by atoms with E-state index < -0.39 is 10.0 Å². The highest BCUT2D eigenvalue weighted by atomic mass is 35.5. The van der Waals surface area contributed by atoms with Gasteiger partial charge in [-0.25, -0.2) is 8.42 Å². The highest BCUT2D eigenvalue weighted by molar-refractivity contribution is 7.92. The molecule has 0 aliphatic heterocycles. The zero-order valence-electron chi connectivity index (χ0n) is 16.8. The molecule has 7 heteroatoms. The van der Waals surface area contributed by atoms with Crippen LogP contribution in [0.3, 0.4) is 0 Å². The summed E-state index contributed by atoms with van der Waals surface area (Å²) in [5.74, 6) is -0.0382. The first-order chi connectivity index (χ1) is 13.6.